The third kappa shape index (κ3) is 2.37. The van der Waals surface area contributed by atoms with E-state index in [0.717, 1.165) is 24.8 Å². The van der Waals surface area contributed by atoms with E-state index in [4.69, 9.17) is 23.2 Å². The van der Waals surface area contributed by atoms with Crippen molar-refractivity contribution in [1.82, 2.24) is 0 Å². The van der Waals surface area contributed by atoms with Crippen LogP contribution >= 0.6 is 23.2 Å². The number of fused-ring (bicyclic) bond motifs is 5. The van der Waals surface area contributed by atoms with Crippen molar-refractivity contribution in [1.29, 1.82) is 0 Å². The average Bonchev–Trinajstić information content (AvgIpc) is 2.86. The lowest BCUT2D eigenvalue weighted by Gasteiger charge is -2.63. The van der Waals surface area contributed by atoms with Crippen molar-refractivity contribution in [2.75, 3.05) is 6.67 Å². The summed E-state index contributed by atoms with van der Waals surface area (Å²) in [6.45, 7) is 5.38. The number of carbonyl (C=O) groups excluding carboxylic acids is 2. The molecule has 0 aromatic carbocycles. The van der Waals surface area contributed by atoms with Gasteiger partial charge in [-0.1, -0.05) is 32.4 Å². The Morgan fingerprint density at radius 1 is 1.33 bits per heavy atom. The molecule has 3 fully saturated rings. The molecule has 0 saturated heterocycles. The molecule has 4 aliphatic carbocycles. The molecular weight excluding hydrogens is 386 g/mol. The van der Waals surface area contributed by atoms with Crippen LogP contribution in [0, 0.1) is 34.5 Å². The monoisotopic (exact) mass is 412 g/mol. The Bertz CT molecular complexity index is 761. The van der Waals surface area contributed by atoms with E-state index in [1.165, 1.54) is 0 Å². The van der Waals surface area contributed by atoms with Crippen molar-refractivity contribution in [2.45, 2.75) is 56.7 Å². The number of carbonyl (C=O) groups is 2. The third-order valence-corrected chi connectivity index (χ3v) is 9.96. The van der Waals surface area contributed by atoms with Crippen LogP contribution in [0.1, 0.15) is 46.5 Å². The number of alkyl halides is 3. The molecule has 0 spiro atoms. The van der Waals surface area contributed by atoms with E-state index in [9.17, 15) is 14.0 Å². The maximum Gasteiger partial charge on any atom is 0.178 e. The molecule has 148 valence electrons. The van der Waals surface area contributed by atoms with Gasteiger partial charge in [-0.25, -0.2) is 4.39 Å². The molecule has 0 aromatic rings. The Hall–Kier alpha value is -0.670. The van der Waals surface area contributed by atoms with Crippen molar-refractivity contribution >= 4 is 34.8 Å². The average molecular weight is 413 g/mol. The molecule has 4 aliphatic rings. The van der Waals surface area contributed by atoms with Gasteiger partial charge in [-0.05, 0) is 61.0 Å². The van der Waals surface area contributed by atoms with E-state index in [1.54, 1.807) is 12.2 Å². The Kier molecular flexibility index (Phi) is 4.48. The smallest absolute Gasteiger partial charge is 0.178 e. The minimum Gasteiger partial charge on any atom is -0.296 e. The van der Waals surface area contributed by atoms with E-state index < -0.39 is 17.0 Å². The highest BCUT2D eigenvalue weighted by atomic mass is 35.5. The highest BCUT2D eigenvalue weighted by Gasteiger charge is 2.70. The van der Waals surface area contributed by atoms with Crippen molar-refractivity contribution in [3.8, 4) is 0 Å². The standard InChI is InChI=1S/C22H27Cl2FO2/c1-12-8-16-15-5-4-13-9-14(26)6-7-21(13,3)22(15,24)18(23)10-20(16,2)19(12)17(27)11-25/h6-7,9,12,15-16,18-19H,4-5,8,10-11H2,1-3H3/t12?,15-,16-,18?,19+,20-,21-,22-/m0/s1. The van der Waals surface area contributed by atoms with Crippen LogP contribution in [-0.4, -0.2) is 28.5 Å². The Labute approximate surface area is 170 Å². The van der Waals surface area contributed by atoms with Gasteiger partial charge in [-0.2, -0.15) is 0 Å². The molecule has 0 bridgehead atoms. The van der Waals surface area contributed by atoms with Crippen molar-refractivity contribution in [2.24, 2.45) is 34.5 Å². The number of hydrogen-bond donors (Lipinski definition) is 0. The van der Waals surface area contributed by atoms with Crippen molar-refractivity contribution < 1.29 is 14.0 Å². The summed E-state index contributed by atoms with van der Waals surface area (Å²) in [7, 11) is 0. The lowest BCUT2D eigenvalue weighted by atomic mass is 9.47. The molecule has 0 N–H and O–H groups in total. The van der Waals surface area contributed by atoms with E-state index >= 15 is 0 Å². The molecule has 8 atom stereocenters. The zero-order chi connectivity index (χ0) is 19.8. The van der Waals surface area contributed by atoms with Crippen LogP contribution < -0.4 is 0 Å². The molecule has 4 rings (SSSR count). The molecule has 5 heteroatoms. The lowest BCUT2D eigenvalue weighted by Crippen LogP contribution is -2.64. The van der Waals surface area contributed by atoms with Crippen LogP contribution in [0.5, 0.6) is 0 Å². The van der Waals surface area contributed by atoms with Gasteiger partial charge in [0.25, 0.3) is 0 Å². The fourth-order valence-electron chi connectivity index (χ4n) is 7.28. The molecular formula is C22H27Cl2FO2. The minimum atomic E-state index is -0.906. The zero-order valence-corrected chi connectivity index (χ0v) is 17.6. The molecule has 2 unspecified atom stereocenters. The number of hydrogen-bond acceptors (Lipinski definition) is 2. The normalized spacial score (nSPS) is 51.3. The van der Waals surface area contributed by atoms with Gasteiger partial charge in [-0.3, -0.25) is 9.59 Å². The van der Waals surface area contributed by atoms with Crippen molar-refractivity contribution in [3.05, 3.63) is 23.8 Å². The first-order valence-electron chi connectivity index (χ1n) is 9.95. The zero-order valence-electron chi connectivity index (χ0n) is 16.1. The number of halogens is 3. The maximum atomic E-state index is 13.3. The summed E-state index contributed by atoms with van der Waals surface area (Å²) in [5.74, 6) is -0.0482. The highest BCUT2D eigenvalue weighted by Crippen LogP contribution is 2.71. The first-order valence-corrected chi connectivity index (χ1v) is 10.8. The summed E-state index contributed by atoms with van der Waals surface area (Å²) < 4.78 is 13.3. The lowest BCUT2D eigenvalue weighted by molar-refractivity contribution is -0.131. The molecule has 3 saturated carbocycles. The predicted octanol–water partition coefficient (Wildman–Crippen LogP) is 5.27. The van der Waals surface area contributed by atoms with Gasteiger partial charge in [0, 0.05) is 11.3 Å². The third-order valence-electron chi connectivity index (χ3n) is 8.42. The van der Waals surface area contributed by atoms with Gasteiger partial charge < -0.3 is 0 Å². The second kappa shape index (κ2) is 6.16. The topological polar surface area (TPSA) is 34.1 Å². The Balaban J connectivity index is 1.80. The molecule has 0 amide bonds. The molecule has 0 aromatic heterocycles. The van der Waals surface area contributed by atoms with Crippen LogP contribution in [0.3, 0.4) is 0 Å². The maximum absolute atomic E-state index is 13.3. The van der Waals surface area contributed by atoms with Crippen LogP contribution in [0.15, 0.2) is 23.8 Å². The summed E-state index contributed by atoms with van der Waals surface area (Å²) in [5, 5.41) is -0.350. The quantitative estimate of drug-likeness (QED) is 0.578. The fraction of sp³-hybridized carbons (Fsp3) is 0.727. The predicted molar refractivity (Wildman–Crippen MR) is 106 cm³/mol. The Morgan fingerprint density at radius 2 is 2.04 bits per heavy atom. The summed E-state index contributed by atoms with van der Waals surface area (Å²) in [6.07, 6.45) is 8.45. The van der Waals surface area contributed by atoms with Gasteiger partial charge in [0.2, 0.25) is 0 Å². The van der Waals surface area contributed by atoms with Crippen LogP contribution in [-0.2, 0) is 9.59 Å². The summed E-state index contributed by atoms with van der Waals surface area (Å²) in [5.41, 5.74) is 0.284. The summed E-state index contributed by atoms with van der Waals surface area (Å²) in [6, 6.07) is 0. The first-order chi connectivity index (χ1) is 12.6. The SMILES string of the molecule is CC1C[C@H]2[C@@H]3CCC4=CC(=O)C=C[C@]4(C)[C@@]3(Cl)C(Cl)C[C@]2(C)[C@H]1C(=O)CF. The number of Topliss-reactive ketones (excluding diaryl/α,β-unsaturated/α-hetero) is 1. The molecule has 0 aliphatic heterocycles. The van der Waals surface area contributed by atoms with Gasteiger partial charge in [0.15, 0.2) is 11.6 Å². The molecule has 2 nitrogen and oxygen atoms in total. The first kappa shape index (κ1) is 19.6. The molecule has 27 heavy (non-hydrogen) atoms. The number of rotatable bonds is 2. The number of ketones is 2. The van der Waals surface area contributed by atoms with Crippen molar-refractivity contribution in [3.63, 3.8) is 0 Å². The highest BCUT2D eigenvalue weighted by molar-refractivity contribution is 6.34. The van der Waals surface area contributed by atoms with Gasteiger partial charge >= 0.3 is 0 Å². The van der Waals surface area contributed by atoms with E-state index in [2.05, 4.69) is 20.8 Å². The van der Waals surface area contributed by atoms with Gasteiger partial charge in [-0.15, -0.1) is 23.2 Å². The Morgan fingerprint density at radius 3 is 2.70 bits per heavy atom. The van der Waals surface area contributed by atoms with Crippen LogP contribution in [0.2, 0.25) is 0 Å². The summed E-state index contributed by atoms with van der Waals surface area (Å²) >= 11 is 14.4. The van der Waals surface area contributed by atoms with Crippen LogP contribution in [0.4, 0.5) is 4.39 Å². The van der Waals surface area contributed by atoms with Crippen LogP contribution in [0.25, 0.3) is 0 Å². The van der Waals surface area contributed by atoms with Gasteiger partial charge in [0.1, 0.15) is 6.67 Å². The van der Waals surface area contributed by atoms with E-state index in [0.29, 0.717) is 6.42 Å². The fourth-order valence-corrected chi connectivity index (χ4v) is 8.52. The second-order valence-corrected chi connectivity index (χ2v) is 10.7. The molecule has 0 radical (unpaired) electrons. The largest absolute Gasteiger partial charge is 0.296 e. The number of allylic oxidation sites excluding steroid dienone is 4. The van der Waals surface area contributed by atoms with E-state index in [-0.39, 0.29) is 46.0 Å². The van der Waals surface area contributed by atoms with E-state index in [1.807, 2.05) is 6.08 Å². The minimum absolute atomic E-state index is 0.0102. The second-order valence-electron chi connectivity index (χ2n) is 9.60. The molecule has 0 heterocycles. The van der Waals surface area contributed by atoms with Gasteiger partial charge in [0.05, 0.1) is 10.3 Å². The summed E-state index contributed by atoms with van der Waals surface area (Å²) in [4.78, 5) is 23.7.